The van der Waals surface area contributed by atoms with Crippen molar-refractivity contribution in [1.29, 1.82) is 0 Å². The fourth-order valence-corrected chi connectivity index (χ4v) is 3.81. The smallest absolute Gasteiger partial charge is 0.338 e. The number of hydrogen-bond donors (Lipinski definition) is 1. The quantitative estimate of drug-likeness (QED) is 0.349. The van der Waals surface area contributed by atoms with E-state index in [9.17, 15) is 19.5 Å². The minimum Gasteiger partial charge on any atom is -0.497 e. The molecule has 0 saturated carbocycles. The Labute approximate surface area is 218 Å². The summed E-state index contributed by atoms with van der Waals surface area (Å²) in [5.41, 5.74) is 0.384. The van der Waals surface area contributed by atoms with Crippen LogP contribution in [0.5, 0.6) is 11.5 Å². The number of carbonyl (C=O) groups is 3. The molecule has 0 spiro atoms. The first kappa shape index (κ1) is 26.6. The van der Waals surface area contributed by atoms with Gasteiger partial charge in [-0.15, -0.1) is 0 Å². The van der Waals surface area contributed by atoms with E-state index in [1.807, 2.05) is 0 Å². The van der Waals surface area contributed by atoms with Gasteiger partial charge in [0.1, 0.15) is 17.6 Å². The number of rotatable bonds is 8. The van der Waals surface area contributed by atoms with Crippen molar-refractivity contribution in [1.82, 2.24) is 0 Å². The van der Waals surface area contributed by atoms with Crippen LogP contribution in [0.1, 0.15) is 20.7 Å². The molecular formula is C28H26O10. The van der Waals surface area contributed by atoms with Crippen LogP contribution < -0.4 is 9.47 Å². The normalized spacial score (nSPS) is 22.6. The summed E-state index contributed by atoms with van der Waals surface area (Å²) in [5, 5.41) is 11.1. The van der Waals surface area contributed by atoms with Gasteiger partial charge < -0.3 is 33.5 Å². The topological polar surface area (TPSA) is 127 Å². The molecule has 1 saturated heterocycles. The summed E-state index contributed by atoms with van der Waals surface area (Å²) in [6.45, 7) is 0. The van der Waals surface area contributed by atoms with Gasteiger partial charge in [0.05, 0.1) is 25.3 Å². The average molecular weight is 523 g/mol. The van der Waals surface area contributed by atoms with E-state index < -0.39 is 48.6 Å². The summed E-state index contributed by atoms with van der Waals surface area (Å²) in [5.74, 6) is -1.71. The highest BCUT2D eigenvalue weighted by molar-refractivity contribution is 5.90. The fraction of sp³-hybridized carbons (Fsp3) is 0.250. The monoisotopic (exact) mass is 522 g/mol. The van der Waals surface area contributed by atoms with Crippen LogP contribution in [0.25, 0.3) is 0 Å². The Hall–Kier alpha value is -4.41. The van der Waals surface area contributed by atoms with Gasteiger partial charge in [0.2, 0.25) is 12.4 Å². The summed E-state index contributed by atoms with van der Waals surface area (Å²) in [6, 6.07) is 22.5. The lowest BCUT2D eigenvalue weighted by Gasteiger charge is -2.42. The summed E-state index contributed by atoms with van der Waals surface area (Å²) >= 11 is 0. The van der Waals surface area contributed by atoms with Gasteiger partial charge in [0, 0.05) is 0 Å². The van der Waals surface area contributed by atoms with Gasteiger partial charge in [0.15, 0.2) is 12.2 Å². The number of esters is 3. The van der Waals surface area contributed by atoms with E-state index in [1.54, 1.807) is 60.7 Å². The van der Waals surface area contributed by atoms with Gasteiger partial charge in [-0.25, -0.2) is 14.4 Å². The van der Waals surface area contributed by atoms with Crippen LogP contribution in [-0.2, 0) is 23.7 Å². The molecule has 3 aromatic rings. The lowest BCUT2D eigenvalue weighted by molar-refractivity contribution is -0.270. The average Bonchev–Trinajstić information content (AvgIpc) is 2.96. The molecule has 10 nitrogen and oxygen atoms in total. The van der Waals surface area contributed by atoms with Crippen LogP contribution >= 0.6 is 0 Å². The maximum absolute atomic E-state index is 13.0. The molecule has 0 bridgehead atoms. The molecule has 5 atom stereocenters. The maximum Gasteiger partial charge on any atom is 0.338 e. The fourth-order valence-electron chi connectivity index (χ4n) is 3.81. The van der Waals surface area contributed by atoms with Crippen LogP contribution in [0.4, 0.5) is 0 Å². The molecule has 0 amide bonds. The Balaban J connectivity index is 1.70. The van der Waals surface area contributed by atoms with E-state index in [4.69, 9.17) is 28.4 Å². The van der Waals surface area contributed by atoms with Gasteiger partial charge >= 0.3 is 17.9 Å². The van der Waals surface area contributed by atoms with Crippen LogP contribution in [0, 0.1) is 0 Å². The van der Waals surface area contributed by atoms with Crippen LogP contribution in [0.2, 0.25) is 0 Å². The van der Waals surface area contributed by atoms with E-state index in [0.29, 0.717) is 5.75 Å². The molecule has 0 radical (unpaired) electrons. The van der Waals surface area contributed by atoms with Crippen LogP contribution in [0.3, 0.4) is 0 Å². The van der Waals surface area contributed by atoms with E-state index in [0.717, 1.165) is 7.11 Å². The van der Waals surface area contributed by atoms with Gasteiger partial charge in [0.25, 0.3) is 0 Å². The maximum atomic E-state index is 13.0. The van der Waals surface area contributed by atoms with Gasteiger partial charge in [-0.1, -0.05) is 36.4 Å². The molecule has 1 fully saturated rings. The van der Waals surface area contributed by atoms with Crippen molar-refractivity contribution in [3.8, 4) is 11.5 Å². The van der Waals surface area contributed by atoms with E-state index >= 15 is 0 Å². The lowest BCUT2D eigenvalue weighted by atomic mass is 9.98. The zero-order valence-electron chi connectivity index (χ0n) is 20.6. The molecule has 4 rings (SSSR count). The molecule has 1 N–H and O–H groups in total. The zero-order chi connectivity index (χ0) is 27.1. The Morgan fingerprint density at radius 2 is 1.21 bits per heavy atom. The number of methoxy groups -OCH3 is 2. The minimum atomic E-state index is -1.75. The van der Waals surface area contributed by atoms with E-state index in [2.05, 4.69) is 0 Å². The van der Waals surface area contributed by atoms with Crippen LogP contribution in [-0.4, -0.2) is 67.9 Å². The zero-order valence-corrected chi connectivity index (χ0v) is 20.6. The molecule has 3 aromatic carbocycles. The number of carbonyl (C=O) groups excluding carboxylic acids is 3. The lowest BCUT2D eigenvalue weighted by Crippen LogP contribution is -2.63. The molecule has 1 aliphatic rings. The molecular weight excluding hydrogens is 496 g/mol. The van der Waals surface area contributed by atoms with Crippen molar-refractivity contribution < 1.29 is 47.9 Å². The van der Waals surface area contributed by atoms with E-state index in [-0.39, 0.29) is 16.9 Å². The van der Waals surface area contributed by atoms with Gasteiger partial charge in [-0.3, -0.25) is 0 Å². The predicted molar refractivity (Wildman–Crippen MR) is 132 cm³/mol. The number of aliphatic hydroxyl groups excluding tert-OH is 1. The highest BCUT2D eigenvalue weighted by Crippen LogP contribution is 2.31. The first-order chi connectivity index (χ1) is 18.4. The SMILES string of the molecule is COC(=O)[C@@H]1O[C@H](Oc2ccc(OC)cc2)[C@@H](OC(=O)c2ccccc2)[C@H](OC(=O)c2ccccc2)[C@H]1O. The van der Waals surface area contributed by atoms with Crippen molar-refractivity contribution in [3.05, 3.63) is 96.1 Å². The van der Waals surface area contributed by atoms with Gasteiger partial charge in [-0.05, 0) is 48.5 Å². The Morgan fingerprint density at radius 3 is 1.71 bits per heavy atom. The third-order valence-corrected chi connectivity index (χ3v) is 5.77. The Bertz CT molecular complexity index is 1230. The predicted octanol–water partition coefficient (Wildman–Crippen LogP) is 2.78. The van der Waals surface area contributed by atoms with Crippen molar-refractivity contribution in [2.45, 2.75) is 30.7 Å². The van der Waals surface area contributed by atoms with E-state index in [1.165, 1.54) is 31.4 Å². The summed E-state index contributed by atoms with van der Waals surface area (Å²) in [6.07, 6.45) is -7.87. The molecule has 0 aromatic heterocycles. The second kappa shape index (κ2) is 12.2. The highest BCUT2D eigenvalue weighted by Gasteiger charge is 2.54. The highest BCUT2D eigenvalue weighted by atomic mass is 16.7. The minimum absolute atomic E-state index is 0.182. The second-order valence-electron chi connectivity index (χ2n) is 8.20. The summed E-state index contributed by atoms with van der Waals surface area (Å²) < 4.78 is 32.9. The molecule has 10 heteroatoms. The number of aliphatic hydroxyl groups is 1. The standard InChI is InChI=1S/C28H26O10/c1-33-19-13-15-20(16-14-19)35-28-24(37-26(31)18-11-7-4-8-12-18)22(21(29)23(38-28)27(32)34-2)36-25(30)17-9-5-3-6-10-17/h3-16,21-24,28-29H,1-2H3/t21-,22-,23-,24+,28+/m1/s1. The number of ether oxygens (including phenoxy) is 6. The largest absolute Gasteiger partial charge is 0.497 e. The summed E-state index contributed by atoms with van der Waals surface area (Å²) in [4.78, 5) is 38.4. The van der Waals surface area contributed by atoms with Crippen molar-refractivity contribution in [2.24, 2.45) is 0 Å². The first-order valence-electron chi connectivity index (χ1n) is 11.7. The van der Waals surface area contributed by atoms with Gasteiger partial charge in [-0.2, -0.15) is 0 Å². The van der Waals surface area contributed by atoms with Crippen molar-refractivity contribution in [3.63, 3.8) is 0 Å². The van der Waals surface area contributed by atoms with Crippen molar-refractivity contribution in [2.75, 3.05) is 14.2 Å². The van der Waals surface area contributed by atoms with Crippen LogP contribution in [0.15, 0.2) is 84.9 Å². The van der Waals surface area contributed by atoms with Crippen molar-refractivity contribution >= 4 is 17.9 Å². The third kappa shape index (κ3) is 6.10. The second-order valence-corrected chi connectivity index (χ2v) is 8.20. The summed E-state index contributed by atoms with van der Waals surface area (Å²) in [7, 11) is 2.62. The Kier molecular flexibility index (Phi) is 8.57. The molecule has 198 valence electrons. The number of benzene rings is 3. The molecule has 1 aliphatic heterocycles. The Morgan fingerprint density at radius 1 is 0.711 bits per heavy atom. The third-order valence-electron chi connectivity index (χ3n) is 5.77. The number of hydrogen-bond acceptors (Lipinski definition) is 10. The first-order valence-corrected chi connectivity index (χ1v) is 11.7. The molecule has 0 unspecified atom stereocenters. The molecule has 38 heavy (non-hydrogen) atoms. The molecule has 0 aliphatic carbocycles. The molecule has 1 heterocycles.